The van der Waals surface area contributed by atoms with E-state index in [9.17, 15) is 14.4 Å². The minimum Gasteiger partial charge on any atom is -0.465 e. The number of allylic oxidation sites excluding steroid dienone is 3. The number of hydrogen-bond donors (Lipinski definition) is 1. The molecule has 1 aromatic heterocycles. The minimum atomic E-state index is -1.06. The quantitative estimate of drug-likeness (QED) is 0.385. The number of ketones is 1. The smallest absolute Gasteiger partial charge is 0.336 e. The summed E-state index contributed by atoms with van der Waals surface area (Å²) in [5.74, 6) is -3.84. The van der Waals surface area contributed by atoms with Crippen LogP contribution in [0.2, 0.25) is 0 Å². The van der Waals surface area contributed by atoms with Crippen molar-refractivity contribution in [2.75, 3.05) is 13.2 Å². The highest BCUT2D eigenvalue weighted by atomic mass is 16.5. The third-order valence-corrected chi connectivity index (χ3v) is 7.05. The Labute approximate surface area is 220 Å². The van der Waals surface area contributed by atoms with Crippen molar-refractivity contribution in [2.45, 2.75) is 39.0 Å². The summed E-state index contributed by atoms with van der Waals surface area (Å²) in [5.41, 5.74) is 4.49. The van der Waals surface area contributed by atoms with Crippen LogP contribution in [0.4, 0.5) is 0 Å². The van der Waals surface area contributed by atoms with E-state index in [4.69, 9.17) is 14.5 Å². The fourth-order valence-corrected chi connectivity index (χ4v) is 5.44. The maximum absolute atomic E-state index is 14.3. The van der Waals surface area contributed by atoms with Crippen LogP contribution in [0.3, 0.4) is 0 Å². The normalized spacial score (nSPS) is 21.1. The van der Waals surface area contributed by atoms with Gasteiger partial charge in [-0.25, -0.2) is 9.78 Å². The maximum atomic E-state index is 14.3. The number of nitrogens with zero attached hydrogens (tertiary/aromatic N) is 2. The molecule has 0 saturated heterocycles. The number of ether oxygens (including phenoxy) is 2. The number of hydrogen-bond acceptors (Lipinski definition) is 8. The SMILES string of the molecule is CCOC(=O)C1=C(C)NC2=C(C(=O)C(C(=O)OCC)C(c3ccccc3)C2)C1c1cnc2ccccc2n1. The van der Waals surface area contributed by atoms with Gasteiger partial charge in [0.15, 0.2) is 5.78 Å². The number of aromatic nitrogens is 2. The van der Waals surface area contributed by atoms with Gasteiger partial charge in [-0.3, -0.25) is 14.6 Å². The van der Waals surface area contributed by atoms with Crippen LogP contribution < -0.4 is 5.32 Å². The van der Waals surface area contributed by atoms with Crippen LogP contribution in [0.15, 0.2) is 83.3 Å². The highest BCUT2D eigenvalue weighted by Gasteiger charge is 2.49. The molecule has 194 valence electrons. The van der Waals surface area contributed by atoms with E-state index >= 15 is 0 Å². The summed E-state index contributed by atoms with van der Waals surface area (Å²) in [7, 11) is 0. The summed E-state index contributed by atoms with van der Waals surface area (Å²) in [5, 5.41) is 3.30. The molecule has 0 radical (unpaired) electrons. The van der Waals surface area contributed by atoms with E-state index in [2.05, 4.69) is 10.3 Å². The van der Waals surface area contributed by atoms with Gasteiger partial charge < -0.3 is 14.8 Å². The molecular formula is C30H29N3O5. The number of carbonyl (C=O) groups excluding carboxylic acids is 3. The molecule has 0 saturated carbocycles. The molecule has 3 aromatic rings. The monoisotopic (exact) mass is 511 g/mol. The summed E-state index contributed by atoms with van der Waals surface area (Å²) in [6.07, 6.45) is 1.98. The van der Waals surface area contributed by atoms with Crippen LogP contribution in [-0.4, -0.2) is 40.9 Å². The van der Waals surface area contributed by atoms with Crippen molar-refractivity contribution >= 4 is 28.8 Å². The van der Waals surface area contributed by atoms with E-state index in [1.54, 1.807) is 27.0 Å². The molecule has 1 aliphatic heterocycles. The third kappa shape index (κ3) is 4.47. The molecule has 2 aliphatic rings. The first-order chi connectivity index (χ1) is 18.4. The average molecular weight is 512 g/mol. The number of carbonyl (C=O) groups is 3. The van der Waals surface area contributed by atoms with E-state index in [0.717, 1.165) is 5.56 Å². The van der Waals surface area contributed by atoms with Gasteiger partial charge in [-0.1, -0.05) is 42.5 Å². The lowest BCUT2D eigenvalue weighted by molar-refractivity contribution is -0.152. The first-order valence-corrected chi connectivity index (χ1v) is 12.8. The third-order valence-electron chi connectivity index (χ3n) is 7.05. The molecule has 38 heavy (non-hydrogen) atoms. The zero-order chi connectivity index (χ0) is 26.8. The van der Waals surface area contributed by atoms with Gasteiger partial charge in [0.2, 0.25) is 0 Å². The van der Waals surface area contributed by atoms with Crippen LogP contribution in [0, 0.1) is 5.92 Å². The fraction of sp³-hybridized carbons (Fsp3) is 0.300. The van der Waals surface area contributed by atoms with Crippen LogP contribution in [0.5, 0.6) is 0 Å². The molecule has 8 heteroatoms. The molecule has 5 rings (SSSR count). The van der Waals surface area contributed by atoms with E-state index in [-0.39, 0.29) is 24.6 Å². The van der Waals surface area contributed by atoms with Crippen LogP contribution in [0.1, 0.15) is 50.3 Å². The first-order valence-electron chi connectivity index (χ1n) is 12.8. The number of para-hydroxylation sites is 2. The fourth-order valence-electron chi connectivity index (χ4n) is 5.44. The van der Waals surface area contributed by atoms with Crippen molar-refractivity contribution in [1.29, 1.82) is 0 Å². The number of dihydropyridines is 1. The van der Waals surface area contributed by atoms with Crippen LogP contribution >= 0.6 is 0 Å². The van der Waals surface area contributed by atoms with Gasteiger partial charge in [-0.2, -0.15) is 0 Å². The Bertz CT molecular complexity index is 1480. The van der Waals surface area contributed by atoms with Crippen LogP contribution in [-0.2, 0) is 23.9 Å². The zero-order valence-electron chi connectivity index (χ0n) is 21.6. The second kappa shape index (κ2) is 10.6. The van der Waals surface area contributed by atoms with E-state index < -0.39 is 29.7 Å². The summed E-state index contributed by atoms with van der Waals surface area (Å²) >= 11 is 0. The van der Waals surface area contributed by atoms with Crippen molar-refractivity contribution < 1.29 is 23.9 Å². The number of fused-ring (bicyclic) bond motifs is 1. The number of esters is 2. The van der Waals surface area contributed by atoms with E-state index in [0.29, 0.717) is 40.1 Å². The molecule has 1 aliphatic carbocycles. The Hall–Kier alpha value is -4.33. The standard InChI is InChI=1S/C30H29N3O5/c1-4-37-29(35)24-17(3)32-22-15-19(18-11-7-6-8-12-18)25(30(36)38-5-2)28(34)27(22)26(24)23-16-31-20-13-9-10-14-21(20)33-23/h6-14,16,19,25-26,32H,4-5,15H2,1-3H3. The van der Waals surface area contributed by atoms with Gasteiger partial charge in [-0.05, 0) is 44.9 Å². The van der Waals surface area contributed by atoms with E-state index in [1.165, 1.54) is 0 Å². The van der Waals surface area contributed by atoms with Crippen molar-refractivity contribution in [3.63, 3.8) is 0 Å². The highest BCUT2D eigenvalue weighted by Crippen LogP contribution is 2.47. The van der Waals surface area contributed by atoms with Gasteiger partial charge in [0.05, 0.1) is 47.6 Å². The van der Waals surface area contributed by atoms with Gasteiger partial charge >= 0.3 is 11.9 Å². The Morgan fingerprint density at radius 1 is 0.974 bits per heavy atom. The molecule has 2 aromatic carbocycles. The molecule has 3 atom stereocenters. The first kappa shape index (κ1) is 25.3. The molecule has 2 heterocycles. The Morgan fingerprint density at radius 2 is 1.66 bits per heavy atom. The Morgan fingerprint density at radius 3 is 2.37 bits per heavy atom. The lowest BCUT2D eigenvalue weighted by Crippen LogP contribution is -2.43. The lowest BCUT2D eigenvalue weighted by Gasteiger charge is -2.39. The molecule has 0 spiro atoms. The summed E-state index contributed by atoms with van der Waals surface area (Å²) in [6.45, 7) is 5.56. The molecule has 0 bridgehead atoms. The van der Waals surface area contributed by atoms with Crippen molar-refractivity contribution in [1.82, 2.24) is 15.3 Å². The number of nitrogens with one attached hydrogen (secondary N) is 1. The molecular weight excluding hydrogens is 482 g/mol. The number of rotatable bonds is 6. The van der Waals surface area contributed by atoms with Gasteiger partial charge in [-0.15, -0.1) is 0 Å². The summed E-state index contributed by atoms with van der Waals surface area (Å²) in [4.78, 5) is 50.2. The lowest BCUT2D eigenvalue weighted by atomic mass is 9.68. The predicted octanol–water partition coefficient (Wildman–Crippen LogP) is 4.34. The summed E-state index contributed by atoms with van der Waals surface area (Å²) in [6, 6.07) is 16.9. The largest absolute Gasteiger partial charge is 0.465 e. The Balaban J connectivity index is 1.70. The van der Waals surface area contributed by atoms with Gasteiger partial charge in [0.25, 0.3) is 0 Å². The summed E-state index contributed by atoms with van der Waals surface area (Å²) < 4.78 is 10.8. The second-order valence-electron chi connectivity index (χ2n) is 9.31. The Kier molecular flexibility index (Phi) is 7.05. The zero-order valence-corrected chi connectivity index (χ0v) is 21.6. The van der Waals surface area contributed by atoms with Gasteiger partial charge in [0.1, 0.15) is 5.92 Å². The van der Waals surface area contributed by atoms with Crippen molar-refractivity contribution in [3.05, 3.63) is 94.6 Å². The van der Waals surface area contributed by atoms with Crippen LogP contribution in [0.25, 0.3) is 11.0 Å². The molecule has 8 nitrogen and oxygen atoms in total. The predicted molar refractivity (Wildman–Crippen MR) is 141 cm³/mol. The van der Waals surface area contributed by atoms with Crippen molar-refractivity contribution in [2.24, 2.45) is 5.92 Å². The highest BCUT2D eigenvalue weighted by molar-refractivity contribution is 6.13. The van der Waals surface area contributed by atoms with E-state index in [1.807, 2.05) is 54.6 Å². The molecule has 1 N–H and O–H groups in total. The average Bonchev–Trinajstić information content (AvgIpc) is 2.92. The maximum Gasteiger partial charge on any atom is 0.336 e. The van der Waals surface area contributed by atoms with Crippen molar-refractivity contribution in [3.8, 4) is 0 Å². The molecule has 0 fully saturated rings. The molecule has 0 amide bonds. The number of benzene rings is 2. The number of Topliss-reactive ketones (excluding diaryl/α,β-unsaturated/α-hetero) is 1. The van der Waals surface area contributed by atoms with Gasteiger partial charge in [0, 0.05) is 22.9 Å². The topological polar surface area (TPSA) is 107 Å². The molecule has 3 unspecified atom stereocenters. The minimum absolute atomic E-state index is 0.154. The second-order valence-corrected chi connectivity index (χ2v) is 9.31.